The van der Waals surface area contributed by atoms with Gasteiger partial charge in [-0.3, -0.25) is 23.9 Å². The lowest BCUT2D eigenvalue weighted by Crippen LogP contribution is -2.49. The van der Waals surface area contributed by atoms with Crippen molar-refractivity contribution in [2.24, 2.45) is 0 Å². The Morgan fingerprint density at radius 3 is 2.14 bits per heavy atom. The average Bonchev–Trinajstić information content (AvgIpc) is 3.09. The molecule has 312 valence electrons. The van der Waals surface area contributed by atoms with Crippen LogP contribution in [-0.2, 0) is 39.3 Å². The molecule has 3 aromatic carbocycles. The Morgan fingerprint density at radius 2 is 1.55 bits per heavy atom. The zero-order chi connectivity index (χ0) is 42.9. The van der Waals surface area contributed by atoms with Crippen LogP contribution in [0.3, 0.4) is 0 Å². The molecular formula is C38H31BrF11N3O5. The van der Waals surface area contributed by atoms with Crippen molar-refractivity contribution < 1.29 is 67.7 Å². The SMILES string of the molecule is CCOC(=O)C[C@H](NC(=O)C(c1cccc(Br)c1)n1cc(CCN2CC(F)C2)c(C(F)(F)F)cc1=O)c1cc(-c2c(O)cccc2C(F)(F)F)cc(C(F)(F)F)c1F. The number of rotatable bonds is 12. The van der Waals surface area contributed by atoms with Crippen molar-refractivity contribution in [3.05, 3.63) is 121 Å². The molecule has 1 fully saturated rings. The summed E-state index contributed by atoms with van der Waals surface area (Å²) in [6.07, 6.45) is -17.9. The van der Waals surface area contributed by atoms with E-state index in [1.807, 2.05) is 0 Å². The number of phenols is 1. The lowest BCUT2D eigenvalue weighted by atomic mass is 9.91. The molecular weight excluding hydrogens is 867 g/mol. The monoisotopic (exact) mass is 897 g/mol. The van der Waals surface area contributed by atoms with Gasteiger partial charge in [-0.25, -0.2) is 8.78 Å². The Bertz CT molecular complexity index is 2240. The minimum Gasteiger partial charge on any atom is -0.507 e. The van der Waals surface area contributed by atoms with Crippen LogP contribution in [0, 0.1) is 5.82 Å². The van der Waals surface area contributed by atoms with E-state index in [1.54, 1.807) is 0 Å². The smallest absolute Gasteiger partial charge is 0.419 e. The molecule has 8 nitrogen and oxygen atoms in total. The molecule has 0 spiro atoms. The molecule has 0 bridgehead atoms. The highest BCUT2D eigenvalue weighted by Gasteiger charge is 2.41. The van der Waals surface area contributed by atoms with Crippen LogP contribution < -0.4 is 10.9 Å². The fourth-order valence-corrected chi connectivity index (χ4v) is 6.96. The van der Waals surface area contributed by atoms with Crippen LogP contribution in [0.25, 0.3) is 11.1 Å². The quantitative estimate of drug-likeness (QED) is 0.109. The van der Waals surface area contributed by atoms with E-state index in [9.17, 15) is 63.4 Å². The number of alkyl halides is 10. The Morgan fingerprint density at radius 1 is 0.914 bits per heavy atom. The lowest BCUT2D eigenvalue weighted by molar-refractivity contribution is -0.144. The van der Waals surface area contributed by atoms with E-state index in [1.165, 1.54) is 36.1 Å². The number of nitrogens with one attached hydrogen (secondary N) is 1. The molecule has 1 aliphatic heterocycles. The topological polar surface area (TPSA) is 101 Å². The molecule has 2 N–H and O–H groups in total. The molecule has 0 saturated carbocycles. The molecule has 58 heavy (non-hydrogen) atoms. The standard InChI is InChI=1S/C38H31BrF11N3O5/c1-2-58-31(56)15-28(24-12-21(13-27(33(24)41)38(48,49)50)32-25(36(42,43)44)7-4-8-29(32)54)51-35(57)34(19-5-3-6-22(39)11-19)53-16-20(9-10-52-17-23(40)18-52)26(14-30(53)55)37(45,46)47/h3-8,11-14,16,23,28,34,54H,2,9-10,15,17-18H2,1H3,(H,51,57)/t28-,34?/m0/s1. The first-order chi connectivity index (χ1) is 27.0. The summed E-state index contributed by atoms with van der Waals surface area (Å²) in [7, 11) is 0. The second-order valence-corrected chi connectivity index (χ2v) is 14.1. The number of aromatic nitrogens is 1. The maximum absolute atomic E-state index is 16.1. The Hall–Kier alpha value is -4.98. The number of hydrogen-bond donors (Lipinski definition) is 2. The van der Waals surface area contributed by atoms with Crippen molar-refractivity contribution in [2.45, 2.75) is 56.5 Å². The van der Waals surface area contributed by atoms with Crippen LogP contribution in [0.5, 0.6) is 5.75 Å². The van der Waals surface area contributed by atoms with E-state index in [-0.39, 0.29) is 54.8 Å². The summed E-state index contributed by atoms with van der Waals surface area (Å²) in [5.41, 5.74) is -10.5. The summed E-state index contributed by atoms with van der Waals surface area (Å²) in [5, 5.41) is 12.7. The van der Waals surface area contributed by atoms with Gasteiger partial charge in [-0.15, -0.1) is 0 Å². The zero-order valence-corrected chi connectivity index (χ0v) is 31.4. The summed E-state index contributed by atoms with van der Waals surface area (Å²) in [4.78, 5) is 42.3. The number of hydrogen-bond acceptors (Lipinski definition) is 6. The first-order valence-electron chi connectivity index (χ1n) is 17.2. The predicted molar refractivity (Wildman–Crippen MR) is 189 cm³/mol. The van der Waals surface area contributed by atoms with Gasteiger partial charge in [-0.2, -0.15) is 39.5 Å². The molecule has 5 rings (SSSR count). The average molecular weight is 899 g/mol. The first kappa shape index (κ1) is 44.1. The highest BCUT2D eigenvalue weighted by Crippen LogP contribution is 2.45. The van der Waals surface area contributed by atoms with Gasteiger partial charge in [0.2, 0.25) is 5.91 Å². The van der Waals surface area contributed by atoms with E-state index in [2.05, 4.69) is 21.2 Å². The summed E-state index contributed by atoms with van der Waals surface area (Å²) in [5.74, 6) is -5.92. The number of carbonyl (C=O) groups is 2. The molecule has 0 radical (unpaired) electrons. The molecule has 2 atom stereocenters. The van der Waals surface area contributed by atoms with Crippen LogP contribution >= 0.6 is 15.9 Å². The minimum absolute atomic E-state index is 0.00781. The van der Waals surface area contributed by atoms with Crippen molar-refractivity contribution in [1.82, 2.24) is 14.8 Å². The number of carbonyl (C=O) groups excluding carboxylic acids is 2. The van der Waals surface area contributed by atoms with E-state index in [0.717, 1.165) is 18.3 Å². The van der Waals surface area contributed by atoms with Crippen LogP contribution in [0.1, 0.15) is 58.8 Å². The summed E-state index contributed by atoms with van der Waals surface area (Å²) in [6, 6.07) is 3.85. The van der Waals surface area contributed by atoms with E-state index in [4.69, 9.17) is 4.74 Å². The first-order valence-corrected chi connectivity index (χ1v) is 18.0. The molecule has 2 heterocycles. The fraction of sp³-hybridized carbons (Fsp3) is 0.342. The van der Waals surface area contributed by atoms with Gasteiger partial charge in [0.25, 0.3) is 5.56 Å². The van der Waals surface area contributed by atoms with Crippen molar-refractivity contribution in [1.29, 1.82) is 0 Å². The summed E-state index contributed by atoms with van der Waals surface area (Å²) >= 11 is 3.19. The third-order valence-electron chi connectivity index (χ3n) is 9.18. The maximum Gasteiger partial charge on any atom is 0.419 e. The zero-order valence-electron chi connectivity index (χ0n) is 29.8. The predicted octanol–water partition coefficient (Wildman–Crippen LogP) is 8.78. The van der Waals surface area contributed by atoms with E-state index >= 15 is 4.39 Å². The highest BCUT2D eigenvalue weighted by molar-refractivity contribution is 9.10. The Balaban J connectivity index is 1.71. The largest absolute Gasteiger partial charge is 0.507 e. The number of amides is 1. The van der Waals surface area contributed by atoms with Gasteiger partial charge in [-0.05, 0) is 66.4 Å². The number of aromatic hydroxyl groups is 1. The van der Waals surface area contributed by atoms with Gasteiger partial charge in [0.05, 0.1) is 35.8 Å². The summed E-state index contributed by atoms with van der Waals surface area (Å²) in [6.45, 7) is 0.821. The number of nitrogens with zero attached hydrogens (tertiary/aromatic N) is 2. The van der Waals surface area contributed by atoms with E-state index in [0.29, 0.717) is 16.7 Å². The number of benzene rings is 3. The van der Waals surface area contributed by atoms with Crippen LogP contribution in [0.4, 0.5) is 48.3 Å². The number of likely N-dealkylation sites (tertiary alicyclic amines) is 1. The second kappa shape index (κ2) is 17.1. The molecule has 1 saturated heterocycles. The van der Waals surface area contributed by atoms with Crippen LogP contribution in [0.2, 0.25) is 0 Å². The molecule has 20 heteroatoms. The number of phenolic OH excluding ortho intramolecular Hbond substituents is 1. The maximum atomic E-state index is 16.1. The second-order valence-electron chi connectivity index (χ2n) is 13.2. The van der Waals surface area contributed by atoms with Gasteiger partial charge in [-0.1, -0.05) is 34.1 Å². The minimum atomic E-state index is -5.60. The normalized spacial score (nSPS) is 15.1. The molecule has 1 aliphatic rings. The Kier molecular flexibility index (Phi) is 13.0. The molecule has 1 unspecified atom stereocenters. The summed E-state index contributed by atoms with van der Waals surface area (Å²) < 4.78 is 163. The van der Waals surface area contributed by atoms with Gasteiger partial charge in [0, 0.05) is 47.5 Å². The highest BCUT2D eigenvalue weighted by atomic mass is 79.9. The van der Waals surface area contributed by atoms with Crippen LogP contribution in [0.15, 0.2) is 76.1 Å². The van der Waals surface area contributed by atoms with Crippen molar-refractivity contribution >= 4 is 27.8 Å². The van der Waals surface area contributed by atoms with E-state index < -0.39 is 111 Å². The van der Waals surface area contributed by atoms with Crippen molar-refractivity contribution in [2.75, 3.05) is 26.2 Å². The number of ether oxygens (including phenoxy) is 1. The third-order valence-corrected chi connectivity index (χ3v) is 9.67. The molecule has 1 amide bonds. The van der Waals surface area contributed by atoms with Crippen LogP contribution in [-0.4, -0.2) is 58.9 Å². The number of halogens is 12. The van der Waals surface area contributed by atoms with Crippen molar-refractivity contribution in [3.8, 4) is 16.9 Å². The van der Waals surface area contributed by atoms with Gasteiger partial charge in [0.1, 0.15) is 23.8 Å². The van der Waals surface area contributed by atoms with Crippen molar-refractivity contribution in [3.63, 3.8) is 0 Å². The third kappa shape index (κ3) is 9.99. The lowest BCUT2D eigenvalue weighted by Gasteiger charge is -2.34. The molecule has 4 aromatic rings. The molecule has 1 aromatic heterocycles. The van der Waals surface area contributed by atoms with Gasteiger partial charge >= 0.3 is 24.5 Å². The number of esters is 1. The molecule has 0 aliphatic carbocycles. The Labute approximate surface area is 330 Å². The van der Waals surface area contributed by atoms with Gasteiger partial charge < -0.3 is 15.2 Å². The number of pyridine rings is 1. The fourth-order valence-electron chi connectivity index (χ4n) is 6.55. The van der Waals surface area contributed by atoms with Gasteiger partial charge in [0.15, 0.2) is 0 Å².